The minimum atomic E-state index is -0.768. The van der Waals surface area contributed by atoms with Gasteiger partial charge in [0.1, 0.15) is 11.3 Å². The summed E-state index contributed by atoms with van der Waals surface area (Å²) in [5.74, 6) is -0.748. The number of ether oxygens (including phenoxy) is 1. The molecule has 0 saturated carbocycles. The van der Waals surface area contributed by atoms with Gasteiger partial charge in [-0.1, -0.05) is 51.3 Å². The summed E-state index contributed by atoms with van der Waals surface area (Å²) in [6, 6.07) is 14.6. The Kier molecular flexibility index (Phi) is 7.64. The third-order valence-corrected chi connectivity index (χ3v) is 7.01. The van der Waals surface area contributed by atoms with Gasteiger partial charge in [-0.05, 0) is 87.2 Å². The maximum atomic E-state index is 13.3. The fourth-order valence-electron chi connectivity index (χ4n) is 4.47. The van der Waals surface area contributed by atoms with Gasteiger partial charge in [0.25, 0.3) is 11.8 Å². The summed E-state index contributed by atoms with van der Waals surface area (Å²) in [5, 5.41) is 2.29. The first kappa shape index (κ1) is 26.4. The van der Waals surface area contributed by atoms with E-state index in [4.69, 9.17) is 4.74 Å². The van der Waals surface area contributed by atoms with Gasteiger partial charge < -0.3 is 4.74 Å². The predicted molar refractivity (Wildman–Crippen MR) is 149 cm³/mol. The molecule has 0 atom stereocenters. The maximum Gasteiger partial charge on any atom is 0.335 e. The number of carbonyl (C=O) groups excluding carboxylic acids is 3. The number of urea groups is 1. The third-order valence-electron chi connectivity index (χ3n) is 6.30. The van der Waals surface area contributed by atoms with Crippen molar-refractivity contribution in [1.82, 2.24) is 5.32 Å². The van der Waals surface area contributed by atoms with Gasteiger partial charge in [0.05, 0.1) is 12.3 Å². The molecule has 6 nitrogen and oxygen atoms in total. The molecule has 1 fully saturated rings. The van der Waals surface area contributed by atoms with Gasteiger partial charge in [-0.25, -0.2) is 9.69 Å². The highest BCUT2D eigenvalue weighted by molar-refractivity contribution is 9.10. The number of benzene rings is 3. The summed E-state index contributed by atoms with van der Waals surface area (Å²) >= 11 is 3.67. The van der Waals surface area contributed by atoms with Crippen LogP contribution in [0.15, 0.2) is 58.6 Å². The average molecular weight is 561 g/mol. The zero-order valence-corrected chi connectivity index (χ0v) is 23.2. The second-order valence-corrected chi connectivity index (χ2v) is 10.2. The molecule has 3 aromatic carbocycles. The number of nitrogens with zero attached hydrogens (tertiary/aromatic N) is 1. The van der Waals surface area contributed by atoms with Crippen molar-refractivity contribution in [2.24, 2.45) is 0 Å². The lowest BCUT2D eigenvalue weighted by molar-refractivity contribution is -0.122. The number of amides is 4. The Morgan fingerprint density at radius 1 is 0.919 bits per heavy atom. The van der Waals surface area contributed by atoms with Crippen molar-refractivity contribution in [3.05, 3.63) is 97.5 Å². The summed E-state index contributed by atoms with van der Waals surface area (Å²) in [5.41, 5.74) is 7.37. The van der Waals surface area contributed by atoms with Crippen LogP contribution in [0.3, 0.4) is 0 Å². The van der Waals surface area contributed by atoms with E-state index in [-0.39, 0.29) is 5.57 Å². The van der Waals surface area contributed by atoms with Gasteiger partial charge in [0.2, 0.25) is 0 Å². The number of hydrogen-bond donors (Lipinski definition) is 1. The molecule has 1 N–H and O–H groups in total. The minimum absolute atomic E-state index is 0.130. The molecule has 4 amide bonds. The molecule has 4 rings (SSSR count). The zero-order chi connectivity index (χ0) is 26.9. The summed E-state index contributed by atoms with van der Waals surface area (Å²) in [7, 11) is 0. The van der Waals surface area contributed by atoms with Crippen LogP contribution in [0.5, 0.6) is 5.75 Å². The lowest BCUT2D eigenvalue weighted by Crippen LogP contribution is -2.54. The molecule has 1 saturated heterocycles. The Balaban J connectivity index is 1.73. The molecule has 0 aliphatic carbocycles. The smallest absolute Gasteiger partial charge is 0.335 e. The van der Waals surface area contributed by atoms with Crippen LogP contribution in [0.25, 0.3) is 6.08 Å². The number of barbiturate groups is 1. The zero-order valence-electron chi connectivity index (χ0n) is 21.6. The predicted octanol–water partition coefficient (Wildman–Crippen LogP) is 6.34. The Hall–Kier alpha value is -3.71. The normalized spacial score (nSPS) is 14.8. The molecule has 0 bridgehead atoms. The highest BCUT2D eigenvalue weighted by Gasteiger charge is 2.37. The van der Waals surface area contributed by atoms with Crippen LogP contribution in [0.2, 0.25) is 0 Å². The van der Waals surface area contributed by atoms with Gasteiger partial charge in [0.15, 0.2) is 0 Å². The molecule has 1 aliphatic heterocycles. The first-order valence-electron chi connectivity index (χ1n) is 12.1. The minimum Gasteiger partial charge on any atom is -0.494 e. The lowest BCUT2D eigenvalue weighted by Gasteiger charge is -2.27. The fourth-order valence-corrected chi connectivity index (χ4v) is 5.07. The number of nitrogens with one attached hydrogen (secondary N) is 1. The van der Waals surface area contributed by atoms with Gasteiger partial charge >= 0.3 is 6.03 Å². The number of hydrogen-bond acceptors (Lipinski definition) is 4. The van der Waals surface area contributed by atoms with E-state index in [1.807, 2.05) is 39.0 Å². The average Bonchev–Trinajstić information content (AvgIpc) is 2.80. The number of imide groups is 2. The van der Waals surface area contributed by atoms with E-state index in [9.17, 15) is 14.4 Å². The van der Waals surface area contributed by atoms with Crippen LogP contribution in [0.4, 0.5) is 10.5 Å². The second kappa shape index (κ2) is 10.7. The SMILES string of the molecule is CCOc1cc(/C=C2\C(=O)NC(=O)N(c3ccc(C)c(C)c3)C2=O)cc(Br)c1Cc1cc(C)cc(C)c1. The van der Waals surface area contributed by atoms with E-state index in [0.29, 0.717) is 30.0 Å². The van der Waals surface area contributed by atoms with Crippen molar-refractivity contribution in [2.45, 2.75) is 41.0 Å². The molecule has 0 aromatic heterocycles. The third kappa shape index (κ3) is 5.67. The quantitative estimate of drug-likeness (QED) is 0.282. The number of aryl methyl sites for hydroxylation is 4. The highest BCUT2D eigenvalue weighted by Crippen LogP contribution is 2.33. The topological polar surface area (TPSA) is 75.7 Å². The van der Waals surface area contributed by atoms with Crippen molar-refractivity contribution >= 4 is 45.5 Å². The van der Waals surface area contributed by atoms with Crippen molar-refractivity contribution in [2.75, 3.05) is 11.5 Å². The first-order valence-corrected chi connectivity index (χ1v) is 12.9. The lowest BCUT2D eigenvalue weighted by atomic mass is 9.98. The van der Waals surface area contributed by atoms with Crippen molar-refractivity contribution < 1.29 is 19.1 Å². The molecular formula is C30H29BrN2O4. The van der Waals surface area contributed by atoms with Crippen molar-refractivity contribution in [1.29, 1.82) is 0 Å². The van der Waals surface area contributed by atoms with E-state index in [1.165, 1.54) is 17.2 Å². The van der Waals surface area contributed by atoms with Crippen LogP contribution in [-0.2, 0) is 16.0 Å². The molecule has 0 spiro atoms. The molecule has 37 heavy (non-hydrogen) atoms. The Morgan fingerprint density at radius 3 is 2.27 bits per heavy atom. The summed E-state index contributed by atoms with van der Waals surface area (Å²) in [6.07, 6.45) is 2.15. The highest BCUT2D eigenvalue weighted by atomic mass is 79.9. The van der Waals surface area contributed by atoms with Crippen molar-refractivity contribution in [3.8, 4) is 5.75 Å². The molecule has 1 aliphatic rings. The van der Waals surface area contributed by atoms with Crippen LogP contribution < -0.4 is 15.0 Å². The number of rotatable bonds is 6. The molecule has 0 unspecified atom stereocenters. The number of halogens is 1. The van der Waals surface area contributed by atoms with E-state index in [2.05, 4.69) is 53.3 Å². The molecule has 190 valence electrons. The second-order valence-electron chi connectivity index (χ2n) is 9.31. The van der Waals surface area contributed by atoms with E-state index in [1.54, 1.807) is 12.1 Å². The van der Waals surface area contributed by atoms with E-state index >= 15 is 0 Å². The molecule has 0 radical (unpaired) electrons. The van der Waals surface area contributed by atoms with Crippen LogP contribution in [0.1, 0.15) is 45.9 Å². The number of carbonyl (C=O) groups is 3. The summed E-state index contributed by atoms with van der Waals surface area (Å²) < 4.78 is 6.76. The monoisotopic (exact) mass is 560 g/mol. The maximum absolute atomic E-state index is 13.3. The van der Waals surface area contributed by atoms with Crippen LogP contribution in [-0.4, -0.2) is 24.5 Å². The van der Waals surface area contributed by atoms with Crippen molar-refractivity contribution in [3.63, 3.8) is 0 Å². The molecule has 7 heteroatoms. The molecular weight excluding hydrogens is 532 g/mol. The Bertz CT molecular complexity index is 1440. The summed E-state index contributed by atoms with van der Waals surface area (Å²) in [6.45, 7) is 10.4. The van der Waals surface area contributed by atoms with E-state index in [0.717, 1.165) is 31.6 Å². The summed E-state index contributed by atoms with van der Waals surface area (Å²) in [4.78, 5) is 39.6. The standard InChI is InChI=1S/C30H29BrN2O4/c1-6-37-27-16-22(15-26(31)24(27)13-21-10-17(2)9-18(3)11-21)14-25-28(34)32-30(36)33(29(25)35)23-8-7-19(4)20(5)12-23/h7-12,14-16H,6,13H2,1-5H3,(H,32,34,36)/b25-14+. The van der Waals surface area contributed by atoms with Gasteiger partial charge in [0, 0.05) is 16.5 Å². The number of anilines is 1. The largest absolute Gasteiger partial charge is 0.494 e. The Labute approximate surface area is 225 Å². The van der Waals surface area contributed by atoms with Crippen LogP contribution >= 0.6 is 15.9 Å². The fraction of sp³-hybridized carbons (Fsp3) is 0.233. The van der Waals surface area contributed by atoms with Gasteiger partial charge in [-0.3, -0.25) is 14.9 Å². The van der Waals surface area contributed by atoms with Crippen LogP contribution in [0, 0.1) is 27.7 Å². The van der Waals surface area contributed by atoms with Gasteiger partial charge in [-0.2, -0.15) is 0 Å². The first-order chi connectivity index (χ1) is 17.6. The molecule has 3 aromatic rings. The molecule has 1 heterocycles. The van der Waals surface area contributed by atoms with Gasteiger partial charge in [-0.15, -0.1) is 0 Å². The van der Waals surface area contributed by atoms with E-state index < -0.39 is 17.8 Å². The Morgan fingerprint density at radius 2 is 1.62 bits per heavy atom.